The van der Waals surface area contributed by atoms with Crippen molar-refractivity contribution in [2.75, 3.05) is 5.32 Å². The van der Waals surface area contributed by atoms with Gasteiger partial charge in [-0.25, -0.2) is 14.3 Å². The molecule has 2 heterocycles. The van der Waals surface area contributed by atoms with E-state index in [0.717, 1.165) is 26.9 Å². The van der Waals surface area contributed by atoms with Crippen LogP contribution in [0.5, 0.6) is 0 Å². The lowest BCUT2D eigenvalue weighted by Gasteiger charge is -2.17. The van der Waals surface area contributed by atoms with Gasteiger partial charge >= 0.3 is 5.69 Å². The number of amides is 1. The number of rotatable bonds is 8. The van der Waals surface area contributed by atoms with Gasteiger partial charge in [0, 0.05) is 12.2 Å². The molecule has 8 heteroatoms. The van der Waals surface area contributed by atoms with Gasteiger partial charge in [-0.2, -0.15) is 0 Å². The minimum atomic E-state index is -0.560. The number of carbonyl (C=O) groups is 1. The second-order valence-electron chi connectivity index (χ2n) is 9.95. The van der Waals surface area contributed by atoms with Crippen molar-refractivity contribution in [1.82, 2.24) is 18.7 Å². The van der Waals surface area contributed by atoms with E-state index in [1.807, 2.05) is 69.3 Å². The highest BCUT2D eigenvalue weighted by Gasteiger charge is 2.21. The first-order chi connectivity index (χ1) is 17.2. The van der Waals surface area contributed by atoms with Crippen LogP contribution in [-0.4, -0.2) is 24.6 Å². The summed E-state index contributed by atoms with van der Waals surface area (Å²) in [5.74, 6) is 0.0438. The Morgan fingerprint density at radius 2 is 1.69 bits per heavy atom. The SMILES string of the molecule is Cc1cccc(C(C)C)c1NC(=O)Cn1c(=O)c2c(ncn2CC(C)C)n(Cc2ccccc2)c1=O. The molecule has 0 unspecified atom stereocenters. The molecule has 0 radical (unpaired) electrons. The number of benzene rings is 2. The third kappa shape index (κ3) is 5.03. The summed E-state index contributed by atoms with van der Waals surface area (Å²) in [7, 11) is 0. The molecule has 2 aromatic heterocycles. The molecular formula is C28H33N5O3. The zero-order valence-corrected chi connectivity index (χ0v) is 21.5. The van der Waals surface area contributed by atoms with Gasteiger partial charge in [-0.3, -0.25) is 14.2 Å². The first kappa shape index (κ1) is 25.2. The Kier molecular flexibility index (Phi) is 7.24. The van der Waals surface area contributed by atoms with Gasteiger partial charge in [-0.05, 0) is 35.4 Å². The Balaban J connectivity index is 1.80. The highest BCUT2D eigenvalue weighted by molar-refractivity contribution is 5.92. The molecule has 188 valence electrons. The fraction of sp³-hybridized carbons (Fsp3) is 0.357. The van der Waals surface area contributed by atoms with Crippen LogP contribution in [-0.2, 0) is 24.4 Å². The molecule has 0 aliphatic carbocycles. The highest BCUT2D eigenvalue weighted by atomic mass is 16.2. The molecule has 0 aliphatic heterocycles. The van der Waals surface area contributed by atoms with Crippen molar-refractivity contribution in [2.24, 2.45) is 5.92 Å². The molecule has 4 aromatic rings. The zero-order valence-electron chi connectivity index (χ0n) is 21.5. The number of imidazole rings is 1. The Bertz CT molecular complexity index is 1510. The van der Waals surface area contributed by atoms with Crippen LogP contribution in [0, 0.1) is 12.8 Å². The lowest BCUT2D eigenvalue weighted by atomic mass is 9.98. The van der Waals surface area contributed by atoms with E-state index in [-0.39, 0.29) is 24.9 Å². The fourth-order valence-electron chi connectivity index (χ4n) is 4.48. The molecule has 0 aliphatic rings. The maximum absolute atomic E-state index is 13.6. The van der Waals surface area contributed by atoms with Crippen molar-refractivity contribution in [3.8, 4) is 0 Å². The Labute approximate surface area is 210 Å². The fourth-order valence-corrected chi connectivity index (χ4v) is 4.48. The van der Waals surface area contributed by atoms with Gasteiger partial charge in [0.2, 0.25) is 5.91 Å². The molecule has 0 saturated heterocycles. The van der Waals surface area contributed by atoms with Gasteiger partial charge in [-0.15, -0.1) is 0 Å². The third-order valence-electron chi connectivity index (χ3n) is 6.22. The van der Waals surface area contributed by atoms with E-state index in [2.05, 4.69) is 24.1 Å². The monoisotopic (exact) mass is 487 g/mol. The second kappa shape index (κ2) is 10.4. The van der Waals surface area contributed by atoms with Crippen LogP contribution in [0.1, 0.15) is 50.3 Å². The van der Waals surface area contributed by atoms with Gasteiger partial charge in [0.15, 0.2) is 11.2 Å². The Morgan fingerprint density at radius 3 is 2.36 bits per heavy atom. The number of nitrogens with zero attached hydrogens (tertiary/aromatic N) is 4. The molecule has 0 atom stereocenters. The van der Waals surface area contributed by atoms with Crippen molar-refractivity contribution < 1.29 is 4.79 Å². The van der Waals surface area contributed by atoms with Gasteiger partial charge in [-0.1, -0.05) is 76.2 Å². The summed E-state index contributed by atoms with van der Waals surface area (Å²) >= 11 is 0. The Morgan fingerprint density at radius 1 is 0.972 bits per heavy atom. The lowest BCUT2D eigenvalue weighted by molar-refractivity contribution is -0.116. The van der Waals surface area contributed by atoms with Gasteiger partial charge in [0.1, 0.15) is 6.54 Å². The number of nitrogens with one attached hydrogen (secondary N) is 1. The minimum Gasteiger partial charge on any atom is -0.324 e. The lowest BCUT2D eigenvalue weighted by Crippen LogP contribution is -2.43. The first-order valence-electron chi connectivity index (χ1n) is 12.3. The number of para-hydroxylation sites is 1. The van der Waals surface area contributed by atoms with Crippen molar-refractivity contribution in [3.05, 3.63) is 92.4 Å². The van der Waals surface area contributed by atoms with E-state index in [1.54, 1.807) is 10.9 Å². The summed E-state index contributed by atoms with van der Waals surface area (Å²) in [4.78, 5) is 44.7. The van der Waals surface area contributed by atoms with E-state index in [9.17, 15) is 14.4 Å². The predicted molar refractivity (Wildman–Crippen MR) is 143 cm³/mol. The second-order valence-corrected chi connectivity index (χ2v) is 9.95. The number of fused-ring (bicyclic) bond motifs is 1. The number of aromatic nitrogens is 4. The van der Waals surface area contributed by atoms with Gasteiger partial charge < -0.3 is 9.88 Å². The summed E-state index contributed by atoms with van der Waals surface area (Å²) in [5.41, 5.74) is 3.13. The molecule has 1 amide bonds. The van der Waals surface area contributed by atoms with Crippen molar-refractivity contribution in [2.45, 2.75) is 60.2 Å². The van der Waals surface area contributed by atoms with Gasteiger partial charge in [0.25, 0.3) is 5.56 Å². The van der Waals surface area contributed by atoms with Crippen LogP contribution in [0.15, 0.2) is 64.4 Å². The van der Waals surface area contributed by atoms with Crippen LogP contribution in [0.4, 0.5) is 5.69 Å². The number of hydrogen-bond donors (Lipinski definition) is 1. The summed E-state index contributed by atoms with van der Waals surface area (Å²) in [6, 6.07) is 15.4. The number of carbonyl (C=O) groups excluding carboxylic acids is 1. The molecule has 0 bridgehead atoms. The quantitative estimate of drug-likeness (QED) is 0.405. The van der Waals surface area contributed by atoms with Crippen LogP contribution in [0.3, 0.4) is 0 Å². The number of aryl methyl sites for hydroxylation is 1. The number of anilines is 1. The highest BCUT2D eigenvalue weighted by Crippen LogP contribution is 2.27. The molecule has 0 spiro atoms. The van der Waals surface area contributed by atoms with E-state index in [0.29, 0.717) is 17.7 Å². The topological polar surface area (TPSA) is 90.9 Å². The number of hydrogen-bond acceptors (Lipinski definition) is 4. The largest absolute Gasteiger partial charge is 0.333 e. The maximum atomic E-state index is 13.6. The van der Waals surface area contributed by atoms with Crippen LogP contribution in [0.25, 0.3) is 11.2 Å². The molecule has 2 aromatic carbocycles. The molecule has 0 fully saturated rings. The van der Waals surface area contributed by atoms with Crippen molar-refractivity contribution in [3.63, 3.8) is 0 Å². The smallest absolute Gasteiger partial charge is 0.324 e. The maximum Gasteiger partial charge on any atom is 0.333 e. The summed E-state index contributed by atoms with van der Waals surface area (Å²) in [6.07, 6.45) is 1.60. The minimum absolute atomic E-state index is 0.202. The molecule has 0 saturated carbocycles. The summed E-state index contributed by atoms with van der Waals surface area (Å²) in [6.45, 7) is 10.6. The average Bonchev–Trinajstić information content (AvgIpc) is 3.24. The Hall–Kier alpha value is -3.94. The zero-order chi connectivity index (χ0) is 26.0. The van der Waals surface area contributed by atoms with Crippen LogP contribution >= 0.6 is 0 Å². The van der Waals surface area contributed by atoms with Crippen LogP contribution < -0.4 is 16.6 Å². The third-order valence-corrected chi connectivity index (χ3v) is 6.22. The normalized spacial score (nSPS) is 11.5. The van der Waals surface area contributed by atoms with Crippen molar-refractivity contribution in [1.29, 1.82) is 0 Å². The van der Waals surface area contributed by atoms with Crippen LogP contribution in [0.2, 0.25) is 0 Å². The molecule has 8 nitrogen and oxygen atoms in total. The van der Waals surface area contributed by atoms with E-state index in [1.165, 1.54) is 4.57 Å². The van der Waals surface area contributed by atoms with E-state index < -0.39 is 17.2 Å². The summed E-state index contributed by atoms with van der Waals surface area (Å²) < 4.78 is 4.27. The predicted octanol–water partition coefficient (Wildman–Crippen LogP) is 4.13. The van der Waals surface area contributed by atoms with E-state index in [4.69, 9.17) is 0 Å². The van der Waals surface area contributed by atoms with E-state index >= 15 is 0 Å². The molecule has 1 N–H and O–H groups in total. The molecular weight excluding hydrogens is 454 g/mol. The standard InChI is InChI=1S/C28H33N5O3/c1-18(2)14-31-17-29-26-25(31)27(35)33(28(36)32(26)15-21-11-7-6-8-12-21)16-23(34)30-24-20(5)10-9-13-22(24)19(3)4/h6-13,17-19H,14-16H2,1-5H3,(H,30,34). The molecule has 4 rings (SSSR count). The van der Waals surface area contributed by atoms with Gasteiger partial charge in [0.05, 0.1) is 12.9 Å². The molecule has 36 heavy (non-hydrogen) atoms. The van der Waals surface area contributed by atoms with Crippen molar-refractivity contribution >= 4 is 22.8 Å². The summed E-state index contributed by atoms with van der Waals surface area (Å²) in [5, 5.41) is 2.95. The first-order valence-corrected chi connectivity index (χ1v) is 12.3. The average molecular weight is 488 g/mol.